The first kappa shape index (κ1) is 21.3. The topological polar surface area (TPSA) is 105 Å². The van der Waals surface area contributed by atoms with Crippen LogP contribution in [0.15, 0.2) is 0 Å². The highest BCUT2D eigenvalue weighted by atomic mass is 32.2. The second-order valence-corrected chi connectivity index (χ2v) is 8.79. The molecule has 0 bridgehead atoms. The zero-order chi connectivity index (χ0) is 19.0. The fraction of sp³-hybridized carbons (Fsp3) is 0.882. The third-order valence-electron chi connectivity index (χ3n) is 5.43. The van der Waals surface area contributed by atoms with Gasteiger partial charge in [-0.2, -0.15) is 0 Å². The van der Waals surface area contributed by atoms with Crippen molar-refractivity contribution in [1.82, 2.24) is 9.79 Å². The summed E-state index contributed by atoms with van der Waals surface area (Å²) in [6.45, 7) is 2.09. The van der Waals surface area contributed by atoms with Gasteiger partial charge in [0, 0.05) is 32.7 Å². The second kappa shape index (κ2) is 10.3. The zero-order valence-corrected chi connectivity index (χ0v) is 16.2. The summed E-state index contributed by atoms with van der Waals surface area (Å²) in [6, 6.07) is 0. The van der Waals surface area contributed by atoms with Crippen molar-refractivity contribution in [3.05, 3.63) is 0 Å². The molecule has 0 aliphatic carbocycles. The van der Waals surface area contributed by atoms with E-state index in [4.69, 9.17) is 9.94 Å². The summed E-state index contributed by atoms with van der Waals surface area (Å²) >= 11 is 0. The van der Waals surface area contributed by atoms with Crippen molar-refractivity contribution in [3.8, 4) is 0 Å². The minimum atomic E-state index is -1.49. The molecule has 8 nitrogen and oxygen atoms in total. The van der Waals surface area contributed by atoms with Crippen LogP contribution in [0, 0.1) is 5.92 Å². The molecule has 2 N–H and O–H groups in total. The molecule has 26 heavy (non-hydrogen) atoms. The SMILES string of the molecule is COC(=O)CCCCC1CCN(S(=O)C2(C(=O)NO)CCOCC2)CC1. The fourth-order valence-corrected chi connectivity index (χ4v) is 5.46. The molecule has 2 aliphatic rings. The first-order valence-corrected chi connectivity index (χ1v) is 10.4. The molecule has 0 aromatic rings. The number of esters is 1. The van der Waals surface area contributed by atoms with E-state index >= 15 is 0 Å². The van der Waals surface area contributed by atoms with Crippen molar-refractivity contribution >= 4 is 22.9 Å². The van der Waals surface area contributed by atoms with Crippen LogP contribution in [0.3, 0.4) is 0 Å². The minimum absolute atomic E-state index is 0.167. The standard InChI is InChI=1S/C17H30N2O6S/c1-24-15(20)5-3-2-4-14-6-10-19(11-7-14)26(23)17(16(21)18-22)8-12-25-13-9-17/h14,22H,2-13H2,1H3,(H,18,21). The Morgan fingerprint density at radius 1 is 1.27 bits per heavy atom. The molecular formula is C17H30N2O6S. The third kappa shape index (κ3) is 5.25. The van der Waals surface area contributed by atoms with Gasteiger partial charge in [0.05, 0.1) is 7.11 Å². The van der Waals surface area contributed by atoms with E-state index in [1.54, 1.807) is 5.48 Å². The van der Waals surface area contributed by atoms with Crippen molar-refractivity contribution in [2.24, 2.45) is 5.92 Å². The van der Waals surface area contributed by atoms with Crippen LogP contribution in [0.5, 0.6) is 0 Å². The Balaban J connectivity index is 1.81. The van der Waals surface area contributed by atoms with Crippen LogP contribution in [-0.4, -0.2) is 63.8 Å². The lowest BCUT2D eigenvalue weighted by atomic mass is 9.92. The monoisotopic (exact) mass is 390 g/mol. The van der Waals surface area contributed by atoms with Gasteiger partial charge >= 0.3 is 5.97 Å². The van der Waals surface area contributed by atoms with Crippen molar-refractivity contribution in [1.29, 1.82) is 0 Å². The lowest BCUT2D eigenvalue weighted by Gasteiger charge is -2.40. The van der Waals surface area contributed by atoms with Crippen molar-refractivity contribution in [2.45, 2.75) is 56.1 Å². The molecule has 9 heteroatoms. The number of carbonyl (C=O) groups is 2. The molecule has 0 saturated carbocycles. The second-order valence-electron chi connectivity index (χ2n) is 6.99. The van der Waals surface area contributed by atoms with E-state index in [9.17, 15) is 13.8 Å². The number of hydroxylamine groups is 1. The maximum absolute atomic E-state index is 13.1. The van der Waals surface area contributed by atoms with Crippen molar-refractivity contribution in [2.75, 3.05) is 33.4 Å². The number of rotatable bonds is 8. The van der Waals surface area contributed by atoms with Gasteiger partial charge in [0.2, 0.25) is 0 Å². The molecule has 2 aliphatic heterocycles. The van der Waals surface area contributed by atoms with E-state index in [0.717, 1.165) is 32.1 Å². The van der Waals surface area contributed by atoms with Crippen LogP contribution in [0.2, 0.25) is 0 Å². The lowest BCUT2D eigenvalue weighted by Crippen LogP contribution is -2.57. The number of piperidine rings is 1. The highest BCUT2D eigenvalue weighted by Crippen LogP contribution is 2.33. The summed E-state index contributed by atoms with van der Waals surface area (Å²) < 4.78 is 23.8. The molecule has 0 aromatic carbocycles. The average molecular weight is 391 g/mol. The van der Waals surface area contributed by atoms with E-state index < -0.39 is 21.6 Å². The molecular weight excluding hydrogens is 360 g/mol. The average Bonchev–Trinajstić information content (AvgIpc) is 2.70. The molecule has 2 rings (SSSR count). The van der Waals surface area contributed by atoms with Gasteiger partial charge in [-0.15, -0.1) is 0 Å². The molecule has 2 saturated heterocycles. The van der Waals surface area contributed by atoms with Gasteiger partial charge < -0.3 is 9.47 Å². The maximum atomic E-state index is 13.1. The summed E-state index contributed by atoms with van der Waals surface area (Å²) in [5.74, 6) is -0.193. The molecule has 1 unspecified atom stereocenters. The molecule has 1 amide bonds. The quantitative estimate of drug-likeness (QED) is 0.279. The predicted octanol–water partition coefficient (Wildman–Crippen LogP) is 1.15. The van der Waals surface area contributed by atoms with E-state index in [2.05, 4.69) is 4.74 Å². The van der Waals surface area contributed by atoms with Gasteiger partial charge in [0.25, 0.3) is 5.91 Å². The van der Waals surface area contributed by atoms with E-state index in [1.807, 2.05) is 4.31 Å². The highest BCUT2D eigenvalue weighted by Gasteiger charge is 2.48. The number of amides is 1. The first-order chi connectivity index (χ1) is 12.5. The van der Waals surface area contributed by atoms with Gasteiger partial charge in [0.15, 0.2) is 0 Å². The Morgan fingerprint density at radius 3 is 2.50 bits per heavy atom. The van der Waals surface area contributed by atoms with Gasteiger partial charge in [-0.05, 0) is 38.0 Å². The fourth-order valence-electron chi connectivity index (χ4n) is 3.70. The van der Waals surface area contributed by atoms with Gasteiger partial charge in [-0.1, -0.05) is 12.8 Å². The molecule has 0 aromatic heterocycles. The molecule has 0 spiro atoms. The Labute approximate surface area is 157 Å². The smallest absolute Gasteiger partial charge is 0.305 e. The summed E-state index contributed by atoms with van der Waals surface area (Å²) in [7, 11) is -0.0879. The van der Waals surface area contributed by atoms with Crippen LogP contribution >= 0.6 is 0 Å². The van der Waals surface area contributed by atoms with Crippen LogP contribution in [0.4, 0.5) is 0 Å². The summed E-state index contributed by atoms with van der Waals surface area (Å²) in [6.07, 6.45) is 5.87. The number of ether oxygens (including phenoxy) is 2. The molecule has 0 radical (unpaired) electrons. The Morgan fingerprint density at radius 2 is 1.92 bits per heavy atom. The van der Waals surface area contributed by atoms with E-state index in [0.29, 0.717) is 51.5 Å². The summed E-state index contributed by atoms with van der Waals surface area (Å²) in [5.41, 5.74) is 1.70. The predicted molar refractivity (Wildman–Crippen MR) is 95.6 cm³/mol. The number of nitrogens with zero attached hydrogens (tertiary/aromatic N) is 1. The van der Waals surface area contributed by atoms with Crippen LogP contribution < -0.4 is 5.48 Å². The van der Waals surface area contributed by atoms with E-state index in [-0.39, 0.29) is 5.97 Å². The molecule has 2 fully saturated rings. The normalized spacial score (nSPS) is 22.5. The van der Waals surface area contributed by atoms with Crippen molar-refractivity contribution < 1.29 is 28.5 Å². The third-order valence-corrected chi connectivity index (χ3v) is 7.53. The molecule has 150 valence electrons. The maximum Gasteiger partial charge on any atom is 0.305 e. The number of nitrogens with one attached hydrogen (secondary N) is 1. The molecule has 2 heterocycles. The van der Waals surface area contributed by atoms with Gasteiger partial charge in [0.1, 0.15) is 15.7 Å². The summed E-state index contributed by atoms with van der Waals surface area (Å²) in [4.78, 5) is 23.3. The van der Waals surface area contributed by atoms with Crippen molar-refractivity contribution in [3.63, 3.8) is 0 Å². The Bertz CT molecular complexity index is 501. The number of hydrogen-bond acceptors (Lipinski definition) is 6. The van der Waals surface area contributed by atoms with Gasteiger partial charge in [-0.3, -0.25) is 14.8 Å². The highest BCUT2D eigenvalue weighted by molar-refractivity contribution is 7.85. The number of unbranched alkanes of at least 4 members (excludes halogenated alkanes) is 1. The lowest BCUT2D eigenvalue weighted by molar-refractivity contribution is -0.140. The number of methoxy groups -OCH3 is 1. The Kier molecular flexibility index (Phi) is 8.46. The summed E-state index contributed by atoms with van der Waals surface area (Å²) in [5, 5.41) is 9.09. The minimum Gasteiger partial charge on any atom is -0.469 e. The molecule has 1 atom stereocenters. The Hall–Kier alpha value is -1.03. The van der Waals surface area contributed by atoms with E-state index in [1.165, 1.54) is 7.11 Å². The van der Waals surface area contributed by atoms with Crippen LogP contribution in [0.25, 0.3) is 0 Å². The first-order valence-electron chi connectivity index (χ1n) is 9.29. The number of hydrogen-bond donors (Lipinski definition) is 2. The van der Waals surface area contributed by atoms with Crippen LogP contribution in [0.1, 0.15) is 51.4 Å². The largest absolute Gasteiger partial charge is 0.469 e. The number of carbonyl (C=O) groups excluding carboxylic acids is 2. The zero-order valence-electron chi connectivity index (χ0n) is 15.4. The van der Waals surface area contributed by atoms with Gasteiger partial charge in [-0.25, -0.2) is 14.0 Å². The van der Waals surface area contributed by atoms with Crippen LogP contribution in [-0.2, 0) is 30.0 Å².